The van der Waals surface area contributed by atoms with Crippen LogP contribution in [0, 0.1) is 5.82 Å². The second kappa shape index (κ2) is 10.9. The van der Waals surface area contributed by atoms with Gasteiger partial charge in [0, 0.05) is 35.7 Å². The summed E-state index contributed by atoms with van der Waals surface area (Å²) in [6.45, 7) is 7.98. The quantitative estimate of drug-likeness (QED) is 0.207. The predicted molar refractivity (Wildman–Crippen MR) is 164 cm³/mol. The van der Waals surface area contributed by atoms with Crippen molar-refractivity contribution in [3.05, 3.63) is 77.4 Å². The van der Waals surface area contributed by atoms with E-state index in [1.807, 2.05) is 39.8 Å². The van der Waals surface area contributed by atoms with Crippen molar-refractivity contribution in [2.45, 2.75) is 64.2 Å². The average Bonchev–Trinajstić information content (AvgIpc) is 3.70. The Bertz CT molecular complexity index is 1700. The number of furan rings is 1. The van der Waals surface area contributed by atoms with E-state index >= 15 is 0 Å². The van der Waals surface area contributed by atoms with Crippen molar-refractivity contribution in [1.29, 1.82) is 0 Å². The van der Waals surface area contributed by atoms with E-state index in [4.69, 9.17) is 13.7 Å². The fourth-order valence-corrected chi connectivity index (χ4v) is 5.83. The van der Waals surface area contributed by atoms with Gasteiger partial charge in [-0.2, -0.15) is 0 Å². The van der Waals surface area contributed by atoms with Gasteiger partial charge in [0.1, 0.15) is 17.2 Å². The molecule has 12 heteroatoms. The molecule has 1 aliphatic carbocycles. The molecule has 2 aromatic heterocycles. The molecule has 43 heavy (non-hydrogen) atoms. The number of nitrogens with zero attached hydrogens (tertiary/aromatic N) is 2. The van der Waals surface area contributed by atoms with E-state index in [9.17, 15) is 17.9 Å². The zero-order valence-corrected chi connectivity index (χ0v) is 25.5. The number of amides is 1. The highest BCUT2D eigenvalue weighted by Crippen LogP contribution is 2.48. The van der Waals surface area contributed by atoms with E-state index in [2.05, 4.69) is 10.3 Å². The molecule has 1 saturated heterocycles. The van der Waals surface area contributed by atoms with Crippen molar-refractivity contribution in [2.24, 2.45) is 0 Å². The molecule has 2 aliphatic rings. The van der Waals surface area contributed by atoms with Crippen LogP contribution in [0.25, 0.3) is 22.3 Å². The fourth-order valence-electron chi connectivity index (χ4n) is 5.26. The second-order valence-corrected chi connectivity index (χ2v) is 12.9. The Morgan fingerprint density at radius 3 is 2.35 bits per heavy atom. The Kier molecular flexibility index (Phi) is 7.44. The molecule has 2 aromatic carbocycles. The number of rotatable bonds is 8. The van der Waals surface area contributed by atoms with Crippen molar-refractivity contribution in [2.75, 3.05) is 11.4 Å². The molecular weight excluding hydrogens is 572 g/mol. The molecule has 9 nitrogen and oxygen atoms in total. The van der Waals surface area contributed by atoms with Gasteiger partial charge in [0.25, 0.3) is 17.2 Å². The number of hydrogen-bond donors (Lipinski definition) is 2. The van der Waals surface area contributed by atoms with Gasteiger partial charge in [-0.3, -0.25) is 18.6 Å². The summed E-state index contributed by atoms with van der Waals surface area (Å²) in [5.41, 5.74) is 2.96. The molecular formula is C31H33BFN3O6S. The van der Waals surface area contributed by atoms with Gasteiger partial charge in [-0.1, -0.05) is 6.07 Å². The summed E-state index contributed by atoms with van der Waals surface area (Å²) in [5.74, 6) is -0.282. The SMILES string of the molecule is CNC(=O)c1c(-c2ccc(F)cc2)oc2cc(N(Cc3ccc(B4OC(C)(C)C(C)(C)O4)cn3)S(=O)O)c(C3CC3)cc12. The van der Waals surface area contributed by atoms with Gasteiger partial charge < -0.3 is 19.0 Å². The van der Waals surface area contributed by atoms with Crippen LogP contribution in [0.2, 0.25) is 0 Å². The van der Waals surface area contributed by atoms with E-state index in [-0.39, 0.29) is 18.4 Å². The van der Waals surface area contributed by atoms with Gasteiger partial charge in [0.15, 0.2) is 0 Å². The fraction of sp³-hybridized carbons (Fsp3) is 0.355. The molecule has 1 saturated carbocycles. The van der Waals surface area contributed by atoms with Crippen LogP contribution in [0.3, 0.4) is 0 Å². The first kappa shape index (κ1) is 29.5. The number of pyridine rings is 1. The highest BCUT2D eigenvalue weighted by Gasteiger charge is 2.51. The Labute approximate surface area is 252 Å². The van der Waals surface area contributed by atoms with Gasteiger partial charge in [0.2, 0.25) is 0 Å². The Hall–Kier alpha value is -3.58. The highest BCUT2D eigenvalue weighted by molar-refractivity contribution is 7.80. The van der Waals surface area contributed by atoms with Gasteiger partial charge in [-0.25, -0.2) is 8.60 Å². The molecule has 1 atom stereocenters. The topological polar surface area (TPSA) is 114 Å². The molecule has 0 bridgehead atoms. The van der Waals surface area contributed by atoms with Crippen LogP contribution in [0.15, 0.2) is 59.1 Å². The molecule has 224 valence electrons. The van der Waals surface area contributed by atoms with E-state index in [0.29, 0.717) is 39.2 Å². The van der Waals surface area contributed by atoms with Crippen LogP contribution < -0.4 is 15.1 Å². The van der Waals surface area contributed by atoms with Gasteiger partial charge in [0.05, 0.1) is 34.7 Å². The molecule has 0 radical (unpaired) electrons. The first-order valence-electron chi connectivity index (χ1n) is 14.2. The summed E-state index contributed by atoms with van der Waals surface area (Å²) in [7, 11) is 0.968. The molecule has 6 rings (SSSR count). The van der Waals surface area contributed by atoms with Gasteiger partial charge in [-0.15, -0.1) is 0 Å². The maximum absolute atomic E-state index is 13.7. The molecule has 0 spiro atoms. The summed E-state index contributed by atoms with van der Waals surface area (Å²) in [6, 6.07) is 12.9. The molecule has 1 aliphatic heterocycles. The number of nitrogens with one attached hydrogen (secondary N) is 1. The third-order valence-electron chi connectivity index (χ3n) is 8.55. The number of carbonyl (C=O) groups excluding carboxylic acids is 1. The maximum Gasteiger partial charge on any atom is 0.496 e. The zero-order chi connectivity index (χ0) is 30.7. The summed E-state index contributed by atoms with van der Waals surface area (Å²) >= 11 is -2.39. The molecule has 2 N–H and O–H groups in total. The Balaban J connectivity index is 1.37. The number of aromatic nitrogens is 1. The summed E-state index contributed by atoms with van der Waals surface area (Å²) in [6.07, 6.45) is 3.50. The zero-order valence-electron chi connectivity index (χ0n) is 24.6. The third-order valence-corrected chi connectivity index (χ3v) is 9.25. The minimum Gasteiger partial charge on any atom is -0.455 e. The van der Waals surface area contributed by atoms with E-state index in [1.165, 1.54) is 23.5 Å². The molecule has 1 amide bonds. The number of halogens is 1. The molecule has 3 heterocycles. The largest absolute Gasteiger partial charge is 0.496 e. The maximum atomic E-state index is 13.7. The minimum absolute atomic E-state index is 0.0474. The summed E-state index contributed by atoms with van der Waals surface area (Å²) < 4.78 is 56.7. The van der Waals surface area contributed by atoms with Crippen LogP contribution in [0.1, 0.15) is 68.1 Å². The lowest BCUT2D eigenvalue weighted by Crippen LogP contribution is -2.41. The first-order valence-corrected chi connectivity index (χ1v) is 15.2. The predicted octanol–water partition coefficient (Wildman–Crippen LogP) is 5.31. The lowest BCUT2D eigenvalue weighted by Gasteiger charge is -2.32. The van der Waals surface area contributed by atoms with E-state index < -0.39 is 35.4 Å². The monoisotopic (exact) mass is 605 g/mol. The van der Waals surface area contributed by atoms with Gasteiger partial charge >= 0.3 is 7.12 Å². The van der Waals surface area contributed by atoms with Crippen LogP contribution >= 0.6 is 0 Å². The smallest absolute Gasteiger partial charge is 0.455 e. The third kappa shape index (κ3) is 5.48. The lowest BCUT2D eigenvalue weighted by molar-refractivity contribution is 0.00578. The van der Waals surface area contributed by atoms with Crippen molar-refractivity contribution < 1.29 is 31.7 Å². The standard InChI is InChI=1S/C31H33BFN3O6S/c1-30(2)31(3,4)42-32(41-30)20-10-13-22(35-16-20)17-36(43(38)39)25-15-26-24(14-23(25)18-6-7-18)27(29(37)34-5)28(40-26)19-8-11-21(33)12-9-19/h8-16,18H,6-7,17H2,1-5H3,(H,34,37)(H,38,39). The van der Waals surface area contributed by atoms with Crippen LogP contribution in [0.4, 0.5) is 10.1 Å². The summed E-state index contributed by atoms with van der Waals surface area (Å²) in [4.78, 5) is 17.6. The molecule has 2 fully saturated rings. The average molecular weight is 605 g/mol. The lowest BCUT2D eigenvalue weighted by atomic mass is 9.80. The molecule has 4 aromatic rings. The van der Waals surface area contributed by atoms with E-state index in [1.54, 1.807) is 30.5 Å². The van der Waals surface area contributed by atoms with Crippen LogP contribution in [-0.2, 0) is 27.1 Å². The van der Waals surface area contributed by atoms with Crippen molar-refractivity contribution in [1.82, 2.24) is 10.3 Å². The summed E-state index contributed by atoms with van der Waals surface area (Å²) in [5, 5.41) is 3.25. The van der Waals surface area contributed by atoms with Crippen molar-refractivity contribution >= 4 is 46.4 Å². The highest BCUT2D eigenvalue weighted by atomic mass is 32.2. The van der Waals surface area contributed by atoms with Gasteiger partial charge in [-0.05, 0) is 88.4 Å². The Morgan fingerprint density at radius 1 is 1.12 bits per heavy atom. The van der Waals surface area contributed by atoms with Crippen molar-refractivity contribution in [3.8, 4) is 11.3 Å². The number of carbonyl (C=O) groups is 1. The number of anilines is 1. The number of benzene rings is 2. The normalized spacial score (nSPS) is 18.2. The Morgan fingerprint density at radius 2 is 1.79 bits per heavy atom. The number of hydrogen-bond acceptors (Lipinski definition) is 6. The second-order valence-electron chi connectivity index (χ2n) is 12.0. The first-order chi connectivity index (χ1) is 20.4. The van der Waals surface area contributed by atoms with E-state index in [0.717, 1.165) is 23.9 Å². The minimum atomic E-state index is -2.39. The molecule has 1 unspecified atom stereocenters. The van der Waals surface area contributed by atoms with Crippen LogP contribution in [0.5, 0.6) is 0 Å². The van der Waals surface area contributed by atoms with Crippen molar-refractivity contribution in [3.63, 3.8) is 0 Å². The van der Waals surface area contributed by atoms with Crippen LogP contribution in [-0.4, -0.2) is 45.0 Å². The number of fused-ring (bicyclic) bond motifs is 1.